The molecule has 122 valence electrons. The second-order valence-electron chi connectivity index (χ2n) is 6.83. The maximum absolute atomic E-state index is 4.72. The van der Waals surface area contributed by atoms with Crippen LogP contribution in [0.4, 0.5) is 11.9 Å². The molecule has 3 rings (SSSR count). The first-order valence-electron chi connectivity index (χ1n) is 8.22. The van der Waals surface area contributed by atoms with Gasteiger partial charge in [0.05, 0.1) is 6.04 Å². The Morgan fingerprint density at radius 3 is 2.35 bits per heavy atom. The van der Waals surface area contributed by atoms with Crippen LogP contribution in [-0.4, -0.2) is 35.6 Å². The summed E-state index contributed by atoms with van der Waals surface area (Å²) < 4.78 is 0. The highest BCUT2D eigenvalue weighted by atomic mass is 15.4. The number of anilines is 2. The Morgan fingerprint density at radius 2 is 1.78 bits per heavy atom. The summed E-state index contributed by atoms with van der Waals surface area (Å²) in [4.78, 5) is 18.2. The zero-order valence-electron chi connectivity index (χ0n) is 14.6. The van der Waals surface area contributed by atoms with E-state index >= 15 is 0 Å². The van der Waals surface area contributed by atoms with Gasteiger partial charge in [0, 0.05) is 26.6 Å². The minimum atomic E-state index is 0.282. The van der Waals surface area contributed by atoms with Gasteiger partial charge in [0.1, 0.15) is 5.82 Å². The predicted molar refractivity (Wildman–Crippen MR) is 93.9 cm³/mol. The molecule has 1 fully saturated rings. The zero-order chi connectivity index (χ0) is 16.6. The molecule has 2 aromatic rings. The maximum atomic E-state index is 4.72. The maximum Gasteiger partial charge on any atom is 0.230 e. The van der Waals surface area contributed by atoms with E-state index in [0.29, 0.717) is 12.0 Å². The quantitative estimate of drug-likeness (QED) is 0.867. The molecular formula is C18H25N5. The van der Waals surface area contributed by atoms with Crippen molar-refractivity contribution < 1.29 is 0 Å². The molecule has 5 heteroatoms. The van der Waals surface area contributed by atoms with E-state index in [0.717, 1.165) is 24.3 Å². The van der Waals surface area contributed by atoms with Crippen LogP contribution in [0.1, 0.15) is 44.1 Å². The minimum absolute atomic E-state index is 0.282. The average molecular weight is 311 g/mol. The van der Waals surface area contributed by atoms with Crippen molar-refractivity contribution in [3.8, 4) is 0 Å². The second kappa shape index (κ2) is 6.14. The standard InChI is InChI=1S/C18H25N5/c1-12(2)16-19-17(22(4)5)21-18(20-16)23-11-13(3)15(23)14-9-7-6-8-10-14/h6-10,12-13,15H,11H2,1-5H3/t13-,15+/m1/s1. The van der Waals surface area contributed by atoms with Gasteiger partial charge in [0.2, 0.25) is 11.9 Å². The smallest absolute Gasteiger partial charge is 0.230 e. The van der Waals surface area contributed by atoms with Gasteiger partial charge in [0.25, 0.3) is 0 Å². The van der Waals surface area contributed by atoms with E-state index in [2.05, 4.69) is 66.0 Å². The summed E-state index contributed by atoms with van der Waals surface area (Å²) in [5, 5.41) is 0. The van der Waals surface area contributed by atoms with E-state index in [1.54, 1.807) is 0 Å². The predicted octanol–water partition coefficient (Wildman–Crippen LogP) is 3.26. The highest BCUT2D eigenvalue weighted by Gasteiger charge is 2.39. The molecule has 1 aromatic heterocycles. The van der Waals surface area contributed by atoms with Gasteiger partial charge >= 0.3 is 0 Å². The Morgan fingerprint density at radius 1 is 1.09 bits per heavy atom. The van der Waals surface area contributed by atoms with Gasteiger partial charge in [0.15, 0.2) is 0 Å². The van der Waals surface area contributed by atoms with Gasteiger partial charge in [-0.15, -0.1) is 0 Å². The molecule has 0 N–H and O–H groups in total. The van der Waals surface area contributed by atoms with Crippen LogP contribution in [-0.2, 0) is 0 Å². The number of aromatic nitrogens is 3. The summed E-state index contributed by atoms with van der Waals surface area (Å²) in [6, 6.07) is 11.0. The Labute approximate surface area is 138 Å². The summed E-state index contributed by atoms with van der Waals surface area (Å²) in [6.07, 6.45) is 0. The van der Waals surface area contributed by atoms with Crippen molar-refractivity contribution in [2.24, 2.45) is 5.92 Å². The first kappa shape index (κ1) is 15.7. The molecule has 0 spiro atoms. The summed E-state index contributed by atoms with van der Waals surface area (Å²) in [6.45, 7) is 7.50. The molecule has 23 heavy (non-hydrogen) atoms. The second-order valence-corrected chi connectivity index (χ2v) is 6.83. The lowest BCUT2D eigenvalue weighted by Gasteiger charge is -2.47. The Kier molecular flexibility index (Phi) is 4.20. The topological polar surface area (TPSA) is 45.2 Å². The zero-order valence-corrected chi connectivity index (χ0v) is 14.6. The fourth-order valence-corrected chi connectivity index (χ4v) is 3.01. The molecule has 2 atom stereocenters. The number of hydrogen-bond acceptors (Lipinski definition) is 5. The summed E-state index contributed by atoms with van der Waals surface area (Å²) >= 11 is 0. The van der Waals surface area contributed by atoms with Gasteiger partial charge in [-0.05, 0) is 11.5 Å². The lowest BCUT2D eigenvalue weighted by molar-refractivity contribution is 0.318. The number of hydrogen-bond donors (Lipinski definition) is 0. The number of rotatable bonds is 4. The highest BCUT2D eigenvalue weighted by molar-refractivity contribution is 5.45. The first-order valence-corrected chi connectivity index (χ1v) is 8.22. The van der Waals surface area contributed by atoms with Crippen LogP contribution in [0.3, 0.4) is 0 Å². The normalized spacial score (nSPS) is 20.5. The molecule has 0 unspecified atom stereocenters. The van der Waals surface area contributed by atoms with Crippen molar-refractivity contribution in [3.05, 3.63) is 41.7 Å². The van der Waals surface area contributed by atoms with Crippen molar-refractivity contribution in [1.29, 1.82) is 0 Å². The fraction of sp³-hybridized carbons (Fsp3) is 0.500. The average Bonchev–Trinajstić information content (AvgIpc) is 2.52. The first-order chi connectivity index (χ1) is 11.0. The van der Waals surface area contributed by atoms with E-state index in [-0.39, 0.29) is 5.92 Å². The van der Waals surface area contributed by atoms with Crippen LogP contribution in [0, 0.1) is 5.92 Å². The molecule has 0 bridgehead atoms. The van der Waals surface area contributed by atoms with Crippen LogP contribution >= 0.6 is 0 Å². The Balaban J connectivity index is 1.97. The molecule has 2 heterocycles. The monoisotopic (exact) mass is 311 g/mol. The van der Waals surface area contributed by atoms with E-state index < -0.39 is 0 Å². The summed E-state index contributed by atoms with van der Waals surface area (Å²) in [7, 11) is 3.94. The Bertz CT molecular complexity index is 642. The third-order valence-electron chi connectivity index (χ3n) is 4.30. The lowest BCUT2D eigenvalue weighted by Crippen LogP contribution is -2.49. The van der Waals surface area contributed by atoms with Gasteiger partial charge in [-0.1, -0.05) is 51.1 Å². The minimum Gasteiger partial charge on any atom is -0.347 e. The summed E-state index contributed by atoms with van der Waals surface area (Å²) in [5.41, 5.74) is 1.32. The van der Waals surface area contributed by atoms with Crippen LogP contribution in [0.25, 0.3) is 0 Å². The number of benzene rings is 1. The molecule has 1 aliphatic rings. The van der Waals surface area contributed by atoms with E-state index in [1.807, 2.05) is 19.0 Å². The van der Waals surface area contributed by atoms with Crippen molar-refractivity contribution in [2.45, 2.75) is 32.7 Å². The van der Waals surface area contributed by atoms with Gasteiger partial charge in [-0.3, -0.25) is 0 Å². The van der Waals surface area contributed by atoms with E-state index in [9.17, 15) is 0 Å². The Hall–Kier alpha value is -2.17. The SMILES string of the molecule is CC(C)c1nc(N(C)C)nc(N2C[C@@H](C)[C@H]2c2ccccc2)n1. The molecule has 1 aromatic carbocycles. The van der Waals surface area contributed by atoms with Crippen LogP contribution in [0.2, 0.25) is 0 Å². The highest BCUT2D eigenvalue weighted by Crippen LogP contribution is 2.40. The fourth-order valence-electron chi connectivity index (χ4n) is 3.01. The molecular weight excluding hydrogens is 286 g/mol. The lowest BCUT2D eigenvalue weighted by atomic mass is 9.85. The van der Waals surface area contributed by atoms with E-state index in [1.165, 1.54) is 5.56 Å². The molecule has 1 aliphatic heterocycles. The van der Waals surface area contributed by atoms with Gasteiger partial charge < -0.3 is 9.80 Å². The van der Waals surface area contributed by atoms with Crippen LogP contribution in [0.5, 0.6) is 0 Å². The third-order valence-corrected chi connectivity index (χ3v) is 4.30. The molecule has 0 aliphatic carbocycles. The molecule has 0 amide bonds. The number of nitrogens with zero attached hydrogens (tertiary/aromatic N) is 5. The van der Waals surface area contributed by atoms with E-state index in [4.69, 9.17) is 4.98 Å². The third kappa shape index (κ3) is 3.00. The molecule has 1 saturated heterocycles. The van der Waals surface area contributed by atoms with Crippen molar-refractivity contribution in [3.63, 3.8) is 0 Å². The van der Waals surface area contributed by atoms with Crippen molar-refractivity contribution >= 4 is 11.9 Å². The molecule has 5 nitrogen and oxygen atoms in total. The van der Waals surface area contributed by atoms with Crippen molar-refractivity contribution in [2.75, 3.05) is 30.4 Å². The van der Waals surface area contributed by atoms with Gasteiger partial charge in [-0.25, -0.2) is 0 Å². The molecule has 0 saturated carbocycles. The molecule has 0 radical (unpaired) electrons. The van der Waals surface area contributed by atoms with Gasteiger partial charge in [-0.2, -0.15) is 15.0 Å². The van der Waals surface area contributed by atoms with Crippen LogP contribution in [0.15, 0.2) is 30.3 Å². The largest absolute Gasteiger partial charge is 0.347 e. The summed E-state index contributed by atoms with van der Waals surface area (Å²) in [5.74, 6) is 3.25. The van der Waals surface area contributed by atoms with Crippen molar-refractivity contribution in [1.82, 2.24) is 15.0 Å². The van der Waals surface area contributed by atoms with Crippen LogP contribution < -0.4 is 9.80 Å².